The number of rotatable bonds is 11. The highest BCUT2D eigenvalue weighted by Crippen LogP contribution is 2.35. The van der Waals surface area contributed by atoms with Crippen LogP contribution in [-0.4, -0.2) is 64.9 Å². The van der Waals surface area contributed by atoms with Crippen LogP contribution in [0.2, 0.25) is 5.02 Å². The van der Waals surface area contributed by atoms with E-state index in [9.17, 15) is 9.59 Å². The number of unbranched alkanes of at least 4 members (excludes halogenated alkanes) is 1. The average Bonchev–Trinajstić information content (AvgIpc) is 3.32. The molecule has 1 amide bonds. The highest BCUT2D eigenvalue weighted by Gasteiger charge is 2.32. The van der Waals surface area contributed by atoms with Crippen LogP contribution in [0.15, 0.2) is 36.4 Å². The van der Waals surface area contributed by atoms with E-state index in [0.717, 1.165) is 40.3 Å². The predicted molar refractivity (Wildman–Crippen MR) is 146 cm³/mol. The highest BCUT2D eigenvalue weighted by atomic mass is 35.5. The second kappa shape index (κ2) is 12.0. The number of amides is 1. The molecule has 0 aliphatic carbocycles. The summed E-state index contributed by atoms with van der Waals surface area (Å²) in [7, 11) is 0. The van der Waals surface area contributed by atoms with E-state index in [1.807, 2.05) is 26.0 Å². The number of ether oxygens (including phenoxy) is 1. The fraction of sp³-hybridized carbons (Fsp3) is 0.407. The molecule has 0 bridgehead atoms. The number of likely N-dealkylation sites (tertiary alicyclic amines) is 1. The lowest BCUT2D eigenvalue weighted by Crippen LogP contribution is -2.51. The molecular weight excluding hydrogens is 512 g/mol. The van der Waals surface area contributed by atoms with E-state index in [0.29, 0.717) is 48.5 Å². The average molecular weight is 543 g/mol. The van der Waals surface area contributed by atoms with Gasteiger partial charge in [0.1, 0.15) is 17.4 Å². The van der Waals surface area contributed by atoms with Crippen LogP contribution < -0.4 is 9.64 Å². The van der Waals surface area contributed by atoms with Crippen molar-refractivity contribution in [1.29, 1.82) is 0 Å². The number of hydrogen-bond acceptors (Lipinski definition) is 7. The number of halogens is 1. The third kappa shape index (κ3) is 6.29. The second-order valence-corrected chi connectivity index (χ2v) is 10.6. The number of carbonyl (C=O) groups excluding carboxylic acids is 1. The van der Waals surface area contributed by atoms with Crippen molar-refractivity contribution in [3.63, 3.8) is 0 Å². The zero-order valence-electron chi connectivity index (χ0n) is 21.2. The van der Waals surface area contributed by atoms with Crippen LogP contribution in [-0.2, 0) is 4.79 Å². The summed E-state index contributed by atoms with van der Waals surface area (Å²) < 4.78 is 6.05. The quantitative estimate of drug-likeness (QED) is 0.350. The number of anilines is 1. The molecule has 1 aliphatic rings. The first-order valence-electron chi connectivity index (χ1n) is 12.4. The van der Waals surface area contributed by atoms with Crippen LogP contribution in [0, 0.1) is 19.8 Å². The molecule has 10 heteroatoms. The molecule has 0 unspecified atom stereocenters. The number of carboxylic acids is 1. The van der Waals surface area contributed by atoms with Gasteiger partial charge in [-0.05, 0) is 55.7 Å². The summed E-state index contributed by atoms with van der Waals surface area (Å²) in [6.45, 7) is 8.93. The lowest BCUT2D eigenvalue weighted by Gasteiger charge is -2.36. The molecule has 1 aromatic heterocycles. The molecule has 2 aromatic carbocycles. The van der Waals surface area contributed by atoms with Gasteiger partial charge in [-0.3, -0.25) is 19.4 Å². The van der Waals surface area contributed by atoms with Crippen molar-refractivity contribution in [3.05, 3.63) is 58.1 Å². The van der Waals surface area contributed by atoms with Crippen LogP contribution in [0.1, 0.15) is 41.3 Å². The van der Waals surface area contributed by atoms with Gasteiger partial charge >= 0.3 is 5.97 Å². The Morgan fingerprint density at radius 2 is 1.89 bits per heavy atom. The fourth-order valence-corrected chi connectivity index (χ4v) is 5.38. The van der Waals surface area contributed by atoms with Gasteiger partial charge in [0, 0.05) is 31.7 Å². The molecule has 4 rings (SSSR count). The van der Waals surface area contributed by atoms with E-state index in [1.165, 1.54) is 11.3 Å². The van der Waals surface area contributed by atoms with Gasteiger partial charge in [0.25, 0.3) is 5.91 Å². The molecule has 3 aromatic rings. The van der Waals surface area contributed by atoms with Crippen LogP contribution in [0.5, 0.6) is 5.75 Å². The molecule has 1 saturated heterocycles. The molecule has 37 heavy (non-hydrogen) atoms. The Morgan fingerprint density at radius 1 is 1.19 bits per heavy atom. The molecule has 1 N–H and O–H groups in total. The Labute approximate surface area is 225 Å². The molecule has 8 nitrogen and oxygen atoms in total. The Hall–Kier alpha value is -3.01. The molecule has 0 saturated carbocycles. The minimum atomic E-state index is -0.735. The lowest BCUT2D eigenvalue weighted by atomic mass is 10.0. The van der Waals surface area contributed by atoms with Crippen LogP contribution >= 0.6 is 22.9 Å². The first-order valence-corrected chi connectivity index (χ1v) is 13.6. The van der Waals surface area contributed by atoms with E-state index in [2.05, 4.69) is 22.0 Å². The van der Waals surface area contributed by atoms with Crippen molar-refractivity contribution in [1.82, 2.24) is 15.1 Å². The predicted octanol–water partition coefficient (Wildman–Crippen LogP) is 5.32. The molecule has 1 aliphatic heterocycles. The van der Waals surface area contributed by atoms with E-state index in [-0.39, 0.29) is 11.8 Å². The molecular formula is C27H31ClN4O4S. The summed E-state index contributed by atoms with van der Waals surface area (Å²) in [5.41, 5.74) is 3.32. The van der Waals surface area contributed by atoms with Crippen LogP contribution in [0.25, 0.3) is 10.6 Å². The van der Waals surface area contributed by atoms with E-state index >= 15 is 0 Å². The smallest absolute Gasteiger partial charge is 0.309 e. The van der Waals surface area contributed by atoms with Crippen molar-refractivity contribution >= 4 is 39.9 Å². The third-order valence-corrected chi connectivity index (χ3v) is 7.72. The summed E-state index contributed by atoms with van der Waals surface area (Å²) in [6, 6.07) is 11.1. The van der Waals surface area contributed by atoms with Crippen molar-refractivity contribution in [2.45, 2.75) is 33.6 Å². The number of carboxylic acid groups (broad SMARTS) is 1. The molecule has 0 atom stereocenters. The van der Waals surface area contributed by atoms with Gasteiger partial charge in [0.2, 0.25) is 5.13 Å². The van der Waals surface area contributed by atoms with Crippen LogP contribution in [0.3, 0.4) is 0 Å². The van der Waals surface area contributed by atoms with Gasteiger partial charge in [-0.2, -0.15) is 0 Å². The number of aryl methyl sites for hydroxylation is 2. The highest BCUT2D eigenvalue weighted by molar-refractivity contribution is 7.18. The summed E-state index contributed by atoms with van der Waals surface area (Å²) in [5, 5.41) is 19.4. The summed E-state index contributed by atoms with van der Waals surface area (Å²) in [5.74, 6) is -0.365. The number of aliphatic carboxylic acids is 1. The van der Waals surface area contributed by atoms with Gasteiger partial charge in [-0.25, -0.2) is 0 Å². The van der Waals surface area contributed by atoms with Crippen molar-refractivity contribution < 1.29 is 19.4 Å². The molecule has 1 fully saturated rings. The Bertz CT molecular complexity index is 1250. The first-order chi connectivity index (χ1) is 17.8. The maximum absolute atomic E-state index is 13.3. The number of aromatic nitrogens is 2. The van der Waals surface area contributed by atoms with Crippen molar-refractivity contribution in [2.75, 3.05) is 37.7 Å². The zero-order valence-corrected chi connectivity index (χ0v) is 22.8. The molecule has 2 heterocycles. The molecule has 0 spiro atoms. The molecule has 196 valence electrons. The number of hydrogen-bond donors (Lipinski definition) is 1. The number of benzene rings is 2. The monoisotopic (exact) mass is 542 g/mol. The minimum Gasteiger partial charge on any atom is -0.492 e. The van der Waals surface area contributed by atoms with E-state index < -0.39 is 5.97 Å². The van der Waals surface area contributed by atoms with Crippen molar-refractivity contribution in [2.24, 2.45) is 5.92 Å². The number of carbonyl (C=O) groups is 2. The van der Waals surface area contributed by atoms with Gasteiger partial charge in [-0.15, -0.1) is 10.2 Å². The lowest BCUT2D eigenvalue weighted by molar-refractivity contribution is -0.147. The van der Waals surface area contributed by atoms with Crippen molar-refractivity contribution in [3.8, 4) is 16.3 Å². The maximum atomic E-state index is 13.3. The van der Waals surface area contributed by atoms with Gasteiger partial charge in [0.15, 0.2) is 0 Å². The van der Waals surface area contributed by atoms with Gasteiger partial charge < -0.3 is 9.84 Å². The Balaban J connectivity index is 1.47. The minimum absolute atomic E-state index is 0.185. The summed E-state index contributed by atoms with van der Waals surface area (Å²) in [4.78, 5) is 28.0. The maximum Gasteiger partial charge on any atom is 0.309 e. The van der Waals surface area contributed by atoms with E-state index in [1.54, 1.807) is 29.2 Å². The molecule has 0 radical (unpaired) electrons. The summed E-state index contributed by atoms with van der Waals surface area (Å²) >= 11 is 7.68. The normalized spacial score (nSPS) is 13.8. The van der Waals surface area contributed by atoms with Gasteiger partial charge in [-0.1, -0.05) is 48.4 Å². The van der Waals surface area contributed by atoms with E-state index in [4.69, 9.17) is 21.4 Å². The second-order valence-electron chi connectivity index (χ2n) is 9.26. The Morgan fingerprint density at radius 3 is 2.54 bits per heavy atom. The Kier molecular flexibility index (Phi) is 8.79. The van der Waals surface area contributed by atoms with Gasteiger partial charge in [0.05, 0.1) is 16.5 Å². The van der Waals surface area contributed by atoms with Crippen LogP contribution in [0.4, 0.5) is 5.13 Å². The largest absolute Gasteiger partial charge is 0.492 e. The zero-order chi connectivity index (χ0) is 26.5. The SMILES string of the molecule is CCCCN(C(=O)c1ccccc1Cl)c1nnc(-c2cc(C)c(OCCN3CC(C(=O)O)C3)c(C)c2)s1. The summed E-state index contributed by atoms with van der Waals surface area (Å²) in [6.07, 6.45) is 1.78. The fourth-order valence-electron chi connectivity index (χ4n) is 4.31. The topological polar surface area (TPSA) is 95.9 Å². The third-order valence-electron chi connectivity index (χ3n) is 6.40. The standard InChI is InChI=1S/C27H31ClN4O4S/c1-4-5-10-32(25(33)21-8-6-7-9-22(21)28)27-30-29-24(37-27)19-13-17(2)23(18(3)14-19)36-12-11-31-15-20(16-31)26(34)35/h6-9,13-14,20H,4-5,10-12,15-16H2,1-3H3,(H,34,35). The number of nitrogens with zero attached hydrogens (tertiary/aromatic N) is 4. The first kappa shape index (κ1) is 27.0.